The molecule has 86 valence electrons. The Labute approximate surface area is 90.2 Å². The molecule has 0 N–H and O–H groups in total. The van der Waals surface area contributed by atoms with E-state index < -0.39 is 0 Å². The van der Waals surface area contributed by atoms with E-state index >= 15 is 0 Å². The molecule has 2 atom stereocenters. The molecule has 0 aliphatic carbocycles. The summed E-state index contributed by atoms with van der Waals surface area (Å²) in [4.78, 5) is 0. The van der Waals surface area contributed by atoms with Gasteiger partial charge in [-0.25, -0.2) is 0 Å². The lowest BCUT2D eigenvalue weighted by Crippen LogP contribution is -2.28. The van der Waals surface area contributed by atoms with Crippen molar-refractivity contribution >= 4 is 0 Å². The highest BCUT2D eigenvalue weighted by molar-refractivity contribution is 4.70. The number of rotatable bonds is 1. The van der Waals surface area contributed by atoms with Crippen molar-refractivity contribution in [1.29, 1.82) is 0 Å². The van der Waals surface area contributed by atoms with Crippen molar-refractivity contribution < 1.29 is 4.74 Å². The highest BCUT2D eigenvalue weighted by Crippen LogP contribution is 2.23. The zero-order valence-corrected chi connectivity index (χ0v) is 10.8. The Morgan fingerprint density at radius 3 is 1.86 bits per heavy atom. The molecule has 1 nitrogen and oxygen atoms in total. The molecule has 1 heterocycles. The van der Waals surface area contributed by atoms with Crippen LogP contribution in [0.5, 0.6) is 0 Å². The molecule has 0 bridgehead atoms. The molecule has 0 saturated carbocycles. The lowest BCUT2D eigenvalue weighted by atomic mass is 9.92. The Bertz CT molecular complexity index is 126. The molecule has 0 spiro atoms. The van der Waals surface area contributed by atoms with Crippen molar-refractivity contribution in [3.63, 3.8) is 0 Å². The van der Waals surface area contributed by atoms with Crippen LogP contribution < -0.4 is 0 Å². The SMILES string of the molecule is CC(C)C.CC1CCOC(C(C)C)C1. The molecule has 0 aromatic heterocycles. The van der Waals surface area contributed by atoms with E-state index in [1.165, 1.54) is 12.8 Å². The summed E-state index contributed by atoms with van der Waals surface area (Å²) in [6.07, 6.45) is 3.05. The monoisotopic (exact) mass is 200 g/mol. The van der Waals surface area contributed by atoms with Crippen molar-refractivity contribution in [2.75, 3.05) is 6.61 Å². The van der Waals surface area contributed by atoms with Crippen molar-refractivity contribution in [3.8, 4) is 0 Å². The summed E-state index contributed by atoms with van der Waals surface area (Å²) in [6, 6.07) is 0. The summed E-state index contributed by atoms with van der Waals surface area (Å²) in [5.41, 5.74) is 0. The van der Waals surface area contributed by atoms with E-state index in [0.717, 1.165) is 18.4 Å². The van der Waals surface area contributed by atoms with Gasteiger partial charge in [0.05, 0.1) is 6.10 Å². The second-order valence-electron chi connectivity index (χ2n) is 5.51. The Morgan fingerprint density at radius 1 is 1.07 bits per heavy atom. The fourth-order valence-electron chi connectivity index (χ4n) is 1.47. The van der Waals surface area contributed by atoms with E-state index in [-0.39, 0.29) is 0 Å². The normalized spacial score (nSPS) is 27.4. The van der Waals surface area contributed by atoms with Gasteiger partial charge in [0, 0.05) is 6.61 Å². The van der Waals surface area contributed by atoms with Gasteiger partial charge in [0.1, 0.15) is 0 Å². The maximum Gasteiger partial charge on any atom is 0.0600 e. The van der Waals surface area contributed by atoms with E-state index in [1.54, 1.807) is 0 Å². The Morgan fingerprint density at radius 2 is 1.57 bits per heavy atom. The summed E-state index contributed by atoms with van der Waals surface area (Å²) in [6.45, 7) is 14.3. The lowest BCUT2D eigenvalue weighted by Gasteiger charge is -2.29. The molecule has 1 heteroatoms. The van der Waals surface area contributed by atoms with Crippen LogP contribution in [0.15, 0.2) is 0 Å². The molecule has 0 radical (unpaired) electrons. The van der Waals surface area contributed by atoms with Gasteiger partial charge in [0.15, 0.2) is 0 Å². The first kappa shape index (κ1) is 14.0. The Kier molecular flexibility index (Phi) is 7.26. The van der Waals surface area contributed by atoms with Gasteiger partial charge in [0.2, 0.25) is 0 Å². The number of hydrogen-bond donors (Lipinski definition) is 0. The maximum absolute atomic E-state index is 5.61. The van der Waals surface area contributed by atoms with E-state index in [9.17, 15) is 0 Å². The van der Waals surface area contributed by atoms with Gasteiger partial charge in [-0.05, 0) is 30.6 Å². The summed E-state index contributed by atoms with van der Waals surface area (Å²) in [5.74, 6) is 2.41. The predicted octanol–water partition coefficient (Wildman–Crippen LogP) is 4.12. The summed E-state index contributed by atoms with van der Waals surface area (Å²) < 4.78 is 5.61. The fraction of sp³-hybridized carbons (Fsp3) is 1.00. The average molecular weight is 200 g/mol. The fourth-order valence-corrected chi connectivity index (χ4v) is 1.47. The van der Waals surface area contributed by atoms with Crippen LogP contribution in [0.2, 0.25) is 0 Å². The van der Waals surface area contributed by atoms with Gasteiger partial charge in [0.25, 0.3) is 0 Å². The minimum atomic E-state index is 0.531. The molecular formula is C13H28O. The molecule has 1 aliphatic heterocycles. The smallest absolute Gasteiger partial charge is 0.0600 e. The molecule has 0 amide bonds. The zero-order valence-electron chi connectivity index (χ0n) is 10.8. The quantitative estimate of drug-likeness (QED) is 0.618. The van der Waals surface area contributed by atoms with Gasteiger partial charge < -0.3 is 4.74 Å². The first-order valence-electron chi connectivity index (χ1n) is 6.05. The lowest BCUT2D eigenvalue weighted by molar-refractivity contribution is -0.0304. The minimum Gasteiger partial charge on any atom is -0.378 e. The molecule has 1 rings (SSSR count). The van der Waals surface area contributed by atoms with Crippen LogP contribution >= 0.6 is 0 Å². The highest BCUT2D eigenvalue weighted by Gasteiger charge is 2.21. The van der Waals surface area contributed by atoms with Crippen molar-refractivity contribution in [2.45, 2.75) is 60.5 Å². The van der Waals surface area contributed by atoms with Gasteiger partial charge in [-0.15, -0.1) is 0 Å². The topological polar surface area (TPSA) is 9.23 Å². The largest absolute Gasteiger partial charge is 0.378 e. The van der Waals surface area contributed by atoms with Gasteiger partial charge in [-0.1, -0.05) is 41.5 Å². The van der Waals surface area contributed by atoms with Gasteiger partial charge >= 0.3 is 0 Å². The molecule has 1 aliphatic rings. The molecule has 1 saturated heterocycles. The highest BCUT2D eigenvalue weighted by atomic mass is 16.5. The predicted molar refractivity (Wildman–Crippen MR) is 63.5 cm³/mol. The summed E-state index contributed by atoms with van der Waals surface area (Å²) in [7, 11) is 0. The van der Waals surface area contributed by atoms with Crippen molar-refractivity contribution in [2.24, 2.45) is 17.8 Å². The minimum absolute atomic E-state index is 0.531. The Balaban J connectivity index is 0.000000364. The summed E-state index contributed by atoms with van der Waals surface area (Å²) in [5, 5.41) is 0. The second kappa shape index (κ2) is 7.28. The molecular weight excluding hydrogens is 172 g/mol. The first-order chi connectivity index (χ1) is 6.43. The molecule has 0 aromatic rings. The average Bonchev–Trinajstić information content (AvgIpc) is 2.03. The van der Waals surface area contributed by atoms with E-state index in [1.807, 2.05) is 0 Å². The maximum atomic E-state index is 5.61. The molecule has 14 heavy (non-hydrogen) atoms. The summed E-state index contributed by atoms with van der Waals surface area (Å²) >= 11 is 0. The van der Waals surface area contributed by atoms with Crippen LogP contribution in [-0.2, 0) is 4.74 Å². The molecule has 2 unspecified atom stereocenters. The van der Waals surface area contributed by atoms with E-state index in [4.69, 9.17) is 4.74 Å². The third kappa shape index (κ3) is 7.37. The van der Waals surface area contributed by atoms with Crippen LogP contribution in [0, 0.1) is 17.8 Å². The van der Waals surface area contributed by atoms with Crippen LogP contribution in [0.1, 0.15) is 54.4 Å². The second-order valence-corrected chi connectivity index (χ2v) is 5.51. The van der Waals surface area contributed by atoms with Crippen LogP contribution in [0.25, 0.3) is 0 Å². The number of hydrogen-bond acceptors (Lipinski definition) is 1. The zero-order chi connectivity index (χ0) is 11.1. The van der Waals surface area contributed by atoms with Crippen molar-refractivity contribution in [1.82, 2.24) is 0 Å². The van der Waals surface area contributed by atoms with Crippen LogP contribution in [0.3, 0.4) is 0 Å². The third-order valence-electron chi connectivity index (χ3n) is 2.32. The van der Waals surface area contributed by atoms with Crippen LogP contribution in [-0.4, -0.2) is 12.7 Å². The standard InChI is InChI=1S/C9H18O.C4H10/c1-7(2)9-6-8(3)4-5-10-9;1-4(2)3/h7-9H,4-6H2,1-3H3;4H,1-3H3. The molecule has 0 aromatic carbocycles. The first-order valence-corrected chi connectivity index (χ1v) is 6.05. The van der Waals surface area contributed by atoms with Gasteiger partial charge in [-0.3, -0.25) is 0 Å². The third-order valence-corrected chi connectivity index (χ3v) is 2.32. The van der Waals surface area contributed by atoms with E-state index in [2.05, 4.69) is 41.5 Å². The number of ether oxygens (including phenoxy) is 1. The molecule has 1 fully saturated rings. The Hall–Kier alpha value is -0.0400. The van der Waals surface area contributed by atoms with Crippen molar-refractivity contribution in [3.05, 3.63) is 0 Å². The van der Waals surface area contributed by atoms with Gasteiger partial charge in [-0.2, -0.15) is 0 Å². The van der Waals surface area contributed by atoms with Crippen LogP contribution in [0.4, 0.5) is 0 Å². The van der Waals surface area contributed by atoms with E-state index in [0.29, 0.717) is 12.0 Å².